The van der Waals surface area contributed by atoms with Gasteiger partial charge in [-0.25, -0.2) is 4.39 Å². The van der Waals surface area contributed by atoms with Crippen LogP contribution in [-0.4, -0.2) is 52.6 Å². The van der Waals surface area contributed by atoms with E-state index in [-0.39, 0.29) is 31.4 Å². The van der Waals surface area contributed by atoms with Crippen LogP contribution < -0.4 is 10.6 Å². The summed E-state index contributed by atoms with van der Waals surface area (Å²) in [5, 5.41) is 5.40. The first-order valence-corrected chi connectivity index (χ1v) is 10.3. The minimum absolute atomic E-state index is 0.197. The summed E-state index contributed by atoms with van der Waals surface area (Å²) in [5.74, 6) is -2.39. The van der Waals surface area contributed by atoms with Gasteiger partial charge in [0.05, 0.1) is 0 Å². The Bertz CT molecular complexity index is 1010. The third-order valence-corrected chi connectivity index (χ3v) is 5.17. The molecule has 9 heteroatoms. The predicted octanol–water partition coefficient (Wildman–Crippen LogP) is 2.37. The lowest BCUT2D eigenvalue weighted by molar-refractivity contribution is -0.159. The van der Waals surface area contributed by atoms with Gasteiger partial charge in [0.1, 0.15) is 11.9 Å². The molecule has 0 saturated carbocycles. The lowest BCUT2D eigenvalue weighted by atomic mass is 10.1. The standard InChI is InChI=1S/C23H25FN4O4/c1-3-20(21(30)26-19-10-8-18(9-11-19)25-15(2)29)28-13-12-27(22(31)23(28)32)14-16-4-6-17(24)7-5-16/h4-11,20H,3,12-14H2,1-2H3,(H,25,29)(H,26,30)/t20-/m1/s1. The summed E-state index contributed by atoms with van der Waals surface area (Å²) in [6.45, 7) is 3.87. The maximum absolute atomic E-state index is 13.1. The Balaban J connectivity index is 1.63. The fourth-order valence-electron chi connectivity index (χ4n) is 3.56. The number of hydrogen-bond acceptors (Lipinski definition) is 4. The molecule has 0 aliphatic carbocycles. The minimum atomic E-state index is -0.797. The molecule has 1 atom stereocenters. The molecule has 2 aromatic rings. The van der Waals surface area contributed by atoms with Crippen molar-refractivity contribution in [1.82, 2.24) is 9.80 Å². The Morgan fingerprint density at radius 3 is 2.09 bits per heavy atom. The van der Waals surface area contributed by atoms with Gasteiger partial charge in [-0.05, 0) is 48.4 Å². The third kappa shape index (κ3) is 5.48. The van der Waals surface area contributed by atoms with Gasteiger partial charge < -0.3 is 20.4 Å². The van der Waals surface area contributed by atoms with Crippen LogP contribution in [0.5, 0.6) is 0 Å². The number of hydrogen-bond donors (Lipinski definition) is 2. The zero-order valence-electron chi connectivity index (χ0n) is 17.9. The highest BCUT2D eigenvalue weighted by Gasteiger charge is 2.38. The molecule has 3 rings (SSSR count). The average Bonchev–Trinajstić information content (AvgIpc) is 2.76. The van der Waals surface area contributed by atoms with Gasteiger partial charge in [0.2, 0.25) is 11.8 Å². The van der Waals surface area contributed by atoms with Gasteiger partial charge in [0, 0.05) is 37.9 Å². The van der Waals surface area contributed by atoms with E-state index in [1.807, 2.05) is 0 Å². The number of halogens is 1. The molecule has 2 aromatic carbocycles. The number of anilines is 2. The summed E-state index contributed by atoms with van der Waals surface area (Å²) in [7, 11) is 0. The molecular weight excluding hydrogens is 415 g/mol. The van der Waals surface area contributed by atoms with Gasteiger partial charge >= 0.3 is 11.8 Å². The van der Waals surface area contributed by atoms with Crippen LogP contribution in [0, 0.1) is 5.82 Å². The van der Waals surface area contributed by atoms with E-state index in [1.165, 1.54) is 28.9 Å². The van der Waals surface area contributed by atoms with Crippen molar-refractivity contribution in [2.24, 2.45) is 0 Å². The van der Waals surface area contributed by atoms with Crippen molar-refractivity contribution in [3.8, 4) is 0 Å². The third-order valence-electron chi connectivity index (χ3n) is 5.17. The molecule has 32 heavy (non-hydrogen) atoms. The van der Waals surface area contributed by atoms with Crippen LogP contribution in [-0.2, 0) is 25.7 Å². The largest absolute Gasteiger partial charge is 0.328 e. The fourth-order valence-corrected chi connectivity index (χ4v) is 3.56. The summed E-state index contributed by atoms with van der Waals surface area (Å²) < 4.78 is 13.1. The van der Waals surface area contributed by atoms with Crippen molar-refractivity contribution in [2.45, 2.75) is 32.9 Å². The molecule has 2 N–H and O–H groups in total. The summed E-state index contributed by atoms with van der Waals surface area (Å²) in [6.07, 6.45) is 0.340. The second-order valence-electron chi connectivity index (χ2n) is 7.52. The summed E-state index contributed by atoms with van der Waals surface area (Å²) >= 11 is 0. The zero-order chi connectivity index (χ0) is 23.3. The first-order valence-electron chi connectivity index (χ1n) is 10.3. The van der Waals surface area contributed by atoms with Gasteiger partial charge in [-0.15, -0.1) is 0 Å². The lowest BCUT2D eigenvalue weighted by Crippen LogP contribution is -2.59. The van der Waals surface area contributed by atoms with Crippen molar-refractivity contribution in [3.63, 3.8) is 0 Å². The zero-order valence-corrected chi connectivity index (χ0v) is 17.9. The molecule has 0 aromatic heterocycles. The predicted molar refractivity (Wildman–Crippen MR) is 117 cm³/mol. The van der Waals surface area contributed by atoms with Crippen molar-refractivity contribution in [2.75, 3.05) is 23.7 Å². The highest BCUT2D eigenvalue weighted by Crippen LogP contribution is 2.18. The van der Waals surface area contributed by atoms with E-state index in [0.717, 1.165) is 0 Å². The Morgan fingerprint density at radius 2 is 1.53 bits per heavy atom. The van der Waals surface area contributed by atoms with E-state index < -0.39 is 23.8 Å². The molecular formula is C23H25FN4O4. The van der Waals surface area contributed by atoms with Gasteiger partial charge in [-0.2, -0.15) is 0 Å². The quantitative estimate of drug-likeness (QED) is 0.646. The van der Waals surface area contributed by atoms with Crippen molar-refractivity contribution in [1.29, 1.82) is 0 Å². The number of benzene rings is 2. The van der Waals surface area contributed by atoms with Crippen LogP contribution in [0.4, 0.5) is 15.8 Å². The van der Waals surface area contributed by atoms with Gasteiger partial charge in [-0.1, -0.05) is 19.1 Å². The van der Waals surface area contributed by atoms with Gasteiger partial charge in [0.25, 0.3) is 0 Å². The maximum atomic E-state index is 13.1. The monoisotopic (exact) mass is 440 g/mol. The number of amides is 4. The Morgan fingerprint density at radius 1 is 0.938 bits per heavy atom. The van der Waals surface area contributed by atoms with E-state index in [4.69, 9.17) is 0 Å². The first kappa shape index (κ1) is 22.9. The summed E-state index contributed by atoms with van der Waals surface area (Å²) in [4.78, 5) is 52.0. The van der Waals surface area contributed by atoms with Crippen LogP contribution in [0.3, 0.4) is 0 Å². The highest BCUT2D eigenvalue weighted by atomic mass is 19.1. The minimum Gasteiger partial charge on any atom is -0.328 e. The van der Waals surface area contributed by atoms with E-state index >= 15 is 0 Å². The summed E-state index contributed by atoms with van der Waals surface area (Å²) in [6, 6.07) is 11.5. The average molecular weight is 440 g/mol. The van der Waals surface area contributed by atoms with Crippen LogP contribution in [0.1, 0.15) is 25.8 Å². The molecule has 0 unspecified atom stereocenters. The number of piperazine rings is 1. The number of carbonyl (C=O) groups excluding carboxylic acids is 4. The smallest absolute Gasteiger partial charge is 0.312 e. The van der Waals surface area contributed by atoms with Crippen LogP contribution in [0.25, 0.3) is 0 Å². The molecule has 1 aliphatic rings. The number of carbonyl (C=O) groups is 4. The SMILES string of the molecule is CC[C@H](C(=O)Nc1ccc(NC(C)=O)cc1)N1CCN(Cc2ccc(F)cc2)C(=O)C1=O. The van der Waals surface area contributed by atoms with Crippen molar-refractivity contribution in [3.05, 3.63) is 59.9 Å². The fraction of sp³-hybridized carbons (Fsp3) is 0.304. The van der Waals surface area contributed by atoms with Crippen LogP contribution in [0.2, 0.25) is 0 Å². The number of nitrogens with zero attached hydrogens (tertiary/aromatic N) is 2. The molecule has 0 radical (unpaired) electrons. The van der Waals surface area contributed by atoms with Gasteiger partial charge in [0.15, 0.2) is 0 Å². The Hall–Kier alpha value is -3.75. The molecule has 1 saturated heterocycles. The maximum Gasteiger partial charge on any atom is 0.312 e. The molecule has 8 nitrogen and oxygen atoms in total. The van der Waals surface area contributed by atoms with E-state index in [9.17, 15) is 23.6 Å². The normalized spacial score (nSPS) is 14.8. The first-order chi connectivity index (χ1) is 15.3. The number of nitrogens with one attached hydrogen (secondary N) is 2. The van der Waals surface area contributed by atoms with E-state index in [1.54, 1.807) is 43.3 Å². The van der Waals surface area contributed by atoms with Crippen LogP contribution >= 0.6 is 0 Å². The molecule has 1 aliphatic heterocycles. The van der Waals surface area contributed by atoms with E-state index in [0.29, 0.717) is 23.4 Å². The highest BCUT2D eigenvalue weighted by molar-refractivity contribution is 6.35. The van der Waals surface area contributed by atoms with Crippen molar-refractivity contribution < 1.29 is 23.6 Å². The molecule has 4 amide bonds. The lowest BCUT2D eigenvalue weighted by Gasteiger charge is -2.37. The summed E-state index contributed by atoms with van der Waals surface area (Å²) in [5.41, 5.74) is 1.82. The second kappa shape index (κ2) is 10.0. The Labute approximate surface area is 185 Å². The van der Waals surface area contributed by atoms with E-state index in [2.05, 4.69) is 10.6 Å². The topological polar surface area (TPSA) is 98.8 Å². The van der Waals surface area contributed by atoms with Gasteiger partial charge in [-0.3, -0.25) is 19.2 Å². The molecule has 0 spiro atoms. The molecule has 168 valence electrons. The molecule has 1 heterocycles. The van der Waals surface area contributed by atoms with Crippen LogP contribution in [0.15, 0.2) is 48.5 Å². The molecule has 1 fully saturated rings. The number of rotatable bonds is 7. The Kier molecular flexibility index (Phi) is 7.19. The second-order valence-corrected chi connectivity index (χ2v) is 7.52. The molecule has 0 bridgehead atoms. The van der Waals surface area contributed by atoms with Crippen molar-refractivity contribution >= 4 is 35.0 Å².